The van der Waals surface area contributed by atoms with Crippen LogP contribution in [0.1, 0.15) is 5.56 Å². The van der Waals surface area contributed by atoms with E-state index >= 15 is 0 Å². The molecule has 0 atom stereocenters. The van der Waals surface area contributed by atoms with Crippen LogP contribution in [0.5, 0.6) is 0 Å². The molecule has 0 aliphatic heterocycles. The van der Waals surface area contributed by atoms with Crippen molar-refractivity contribution in [1.82, 2.24) is 0 Å². The SMILES string of the molecule is O=P(O)(O)OCc1ccccc1.[CaH2]. The molecule has 4 nitrogen and oxygen atoms in total. The maximum absolute atomic E-state index is 10.3. The summed E-state index contributed by atoms with van der Waals surface area (Å²) >= 11 is 0. The van der Waals surface area contributed by atoms with Gasteiger partial charge in [0.15, 0.2) is 0 Å². The van der Waals surface area contributed by atoms with E-state index in [0.29, 0.717) is 0 Å². The standard InChI is InChI=1S/C7H9O4P.Ca.2H/c8-12(9,10)11-6-7-4-2-1-3-5-7;;;/h1-5H,6H2,(H2,8,9,10);;;. The molecule has 2 N–H and O–H groups in total. The number of hydrogen-bond acceptors (Lipinski definition) is 2. The van der Waals surface area contributed by atoms with Gasteiger partial charge in [-0.2, -0.15) is 0 Å². The summed E-state index contributed by atoms with van der Waals surface area (Å²) < 4.78 is 14.6. The monoisotopic (exact) mass is 230 g/mol. The molecule has 0 aliphatic rings. The Hall–Kier alpha value is 0.590. The van der Waals surface area contributed by atoms with Gasteiger partial charge in [-0.1, -0.05) is 30.3 Å². The average molecular weight is 230 g/mol. The van der Waals surface area contributed by atoms with E-state index in [1.54, 1.807) is 24.3 Å². The quantitative estimate of drug-likeness (QED) is 0.582. The second-order valence-corrected chi connectivity index (χ2v) is 3.49. The van der Waals surface area contributed by atoms with Crippen LogP contribution in [0, 0.1) is 0 Å². The second kappa shape index (κ2) is 6.14. The molecule has 0 saturated carbocycles. The summed E-state index contributed by atoms with van der Waals surface area (Å²) in [5.41, 5.74) is 0.737. The van der Waals surface area contributed by atoms with E-state index in [9.17, 15) is 4.57 Å². The molecule has 70 valence electrons. The van der Waals surface area contributed by atoms with Crippen LogP contribution in [0.3, 0.4) is 0 Å². The Bertz CT molecular complexity index is 284. The summed E-state index contributed by atoms with van der Waals surface area (Å²) in [6, 6.07) is 8.84. The number of benzene rings is 1. The molecule has 1 rings (SSSR count). The van der Waals surface area contributed by atoms with E-state index in [1.165, 1.54) is 0 Å². The minimum atomic E-state index is -4.33. The van der Waals surface area contributed by atoms with Gasteiger partial charge in [0.05, 0.1) is 6.61 Å². The van der Waals surface area contributed by atoms with E-state index in [-0.39, 0.29) is 44.3 Å². The van der Waals surface area contributed by atoms with Crippen LogP contribution in [0.4, 0.5) is 0 Å². The van der Waals surface area contributed by atoms with Crippen molar-refractivity contribution in [3.63, 3.8) is 0 Å². The van der Waals surface area contributed by atoms with Gasteiger partial charge in [-0.05, 0) is 5.56 Å². The van der Waals surface area contributed by atoms with Crippen LogP contribution in [0.25, 0.3) is 0 Å². The molecule has 0 bridgehead atoms. The fourth-order valence-electron chi connectivity index (χ4n) is 0.733. The summed E-state index contributed by atoms with van der Waals surface area (Å²) in [4.78, 5) is 16.7. The van der Waals surface area contributed by atoms with Crippen LogP contribution in [0.2, 0.25) is 0 Å². The Morgan fingerprint density at radius 1 is 1.23 bits per heavy atom. The van der Waals surface area contributed by atoms with Gasteiger partial charge in [-0.3, -0.25) is 4.52 Å². The Morgan fingerprint density at radius 2 is 1.77 bits per heavy atom. The summed E-state index contributed by atoms with van der Waals surface area (Å²) in [6.45, 7) is -0.0644. The minimum absolute atomic E-state index is 0. The normalized spacial score (nSPS) is 10.6. The Balaban J connectivity index is 0.00000144. The number of rotatable bonds is 3. The Kier molecular flexibility index (Phi) is 6.42. The van der Waals surface area contributed by atoms with E-state index in [0.717, 1.165) is 5.56 Å². The van der Waals surface area contributed by atoms with E-state index in [1.807, 2.05) is 6.07 Å². The van der Waals surface area contributed by atoms with Crippen molar-refractivity contribution < 1.29 is 18.9 Å². The molecule has 0 fully saturated rings. The molecule has 0 spiro atoms. The van der Waals surface area contributed by atoms with Crippen molar-refractivity contribution >= 4 is 45.6 Å². The van der Waals surface area contributed by atoms with Crippen LogP contribution < -0.4 is 0 Å². The number of phosphoric ester groups is 1. The number of phosphoric acid groups is 1. The Labute approximate surface area is 106 Å². The first-order valence-corrected chi connectivity index (χ1v) is 4.85. The zero-order valence-corrected chi connectivity index (χ0v) is 7.15. The third kappa shape index (κ3) is 6.63. The van der Waals surface area contributed by atoms with Gasteiger partial charge < -0.3 is 9.79 Å². The summed E-state index contributed by atoms with van der Waals surface area (Å²) in [5.74, 6) is 0. The molecule has 6 heteroatoms. The van der Waals surface area contributed by atoms with E-state index in [2.05, 4.69) is 4.52 Å². The van der Waals surface area contributed by atoms with Gasteiger partial charge in [-0.25, -0.2) is 4.57 Å². The predicted octanol–water partition coefficient (Wildman–Crippen LogP) is 0.380. The van der Waals surface area contributed by atoms with Gasteiger partial charge in [-0.15, -0.1) is 0 Å². The van der Waals surface area contributed by atoms with Gasteiger partial charge in [0.2, 0.25) is 0 Å². The zero-order valence-electron chi connectivity index (χ0n) is 6.25. The van der Waals surface area contributed by atoms with Crippen LogP contribution in [-0.2, 0) is 15.7 Å². The van der Waals surface area contributed by atoms with Crippen molar-refractivity contribution in [1.29, 1.82) is 0 Å². The topological polar surface area (TPSA) is 66.8 Å². The molecule has 0 radical (unpaired) electrons. The van der Waals surface area contributed by atoms with Crippen LogP contribution >= 0.6 is 7.82 Å². The van der Waals surface area contributed by atoms with Crippen LogP contribution in [-0.4, -0.2) is 47.5 Å². The summed E-state index contributed by atoms with van der Waals surface area (Å²) in [7, 11) is -4.33. The van der Waals surface area contributed by atoms with Crippen molar-refractivity contribution in [2.45, 2.75) is 6.61 Å². The third-order valence-corrected chi connectivity index (χ3v) is 1.71. The van der Waals surface area contributed by atoms with Crippen LogP contribution in [0.15, 0.2) is 30.3 Å². The maximum atomic E-state index is 10.3. The molecule has 0 aliphatic carbocycles. The van der Waals surface area contributed by atoms with Crippen molar-refractivity contribution in [3.05, 3.63) is 35.9 Å². The first kappa shape index (κ1) is 13.6. The fourth-order valence-corrected chi connectivity index (χ4v) is 1.05. The van der Waals surface area contributed by atoms with Gasteiger partial charge in [0.25, 0.3) is 0 Å². The average Bonchev–Trinajstić information content (AvgIpc) is 2.02. The first-order chi connectivity index (χ1) is 5.58. The summed E-state index contributed by atoms with van der Waals surface area (Å²) in [6.07, 6.45) is 0. The predicted molar refractivity (Wildman–Crippen MR) is 51.8 cm³/mol. The van der Waals surface area contributed by atoms with Crippen molar-refractivity contribution in [3.8, 4) is 0 Å². The molecule has 0 unspecified atom stereocenters. The zero-order chi connectivity index (χ0) is 9.03. The molecule has 0 aromatic heterocycles. The molecule has 1 aromatic carbocycles. The number of hydrogen-bond donors (Lipinski definition) is 2. The second-order valence-electron chi connectivity index (χ2n) is 2.25. The molecular formula is C7H11CaO4P. The molecule has 1 aromatic rings. The molecule has 0 saturated heterocycles. The fraction of sp³-hybridized carbons (Fsp3) is 0.143. The van der Waals surface area contributed by atoms with E-state index in [4.69, 9.17) is 9.79 Å². The van der Waals surface area contributed by atoms with Crippen molar-refractivity contribution in [2.24, 2.45) is 0 Å². The molecule has 13 heavy (non-hydrogen) atoms. The van der Waals surface area contributed by atoms with Crippen molar-refractivity contribution in [2.75, 3.05) is 0 Å². The van der Waals surface area contributed by atoms with E-state index < -0.39 is 7.82 Å². The Morgan fingerprint density at radius 3 is 2.23 bits per heavy atom. The summed E-state index contributed by atoms with van der Waals surface area (Å²) in [5, 5.41) is 0. The molecule has 0 amide bonds. The molecular weight excluding hydrogens is 219 g/mol. The van der Waals surface area contributed by atoms with Gasteiger partial charge in [0.1, 0.15) is 0 Å². The van der Waals surface area contributed by atoms with Gasteiger partial charge in [0, 0.05) is 0 Å². The van der Waals surface area contributed by atoms with Gasteiger partial charge >= 0.3 is 45.6 Å². The third-order valence-electron chi connectivity index (χ3n) is 1.24. The first-order valence-electron chi connectivity index (χ1n) is 3.32. The molecule has 0 heterocycles.